The number of aromatic nitrogens is 1. The summed E-state index contributed by atoms with van der Waals surface area (Å²) in [5.41, 5.74) is 3.46. The third-order valence-corrected chi connectivity index (χ3v) is 5.41. The first-order chi connectivity index (χ1) is 16.0. The maximum atomic E-state index is 14.0. The fraction of sp³-hybridized carbons (Fsp3) is 0.222. The zero-order valence-electron chi connectivity index (χ0n) is 18.9. The minimum absolute atomic E-state index is 0.0888. The number of benzene rings is 3. The van der Waals surface area contributed by atoms with Gasteiger partial charge in [-0.05, 0) is 69.3 Å². The molecular weight excluding hydrogens is 421 g/mol. The molecule has 170 valence electrons. The molecule has 0 fully saturated rings. The number of rotatable bonds is 8. The van der Waals surface area contributed by atoms with Gasteiger partial charge in [0.1, 0.15) is 23.9 Å². The van der Waals surface area contributed by atoms with E-state index < -0.39 is 5.97 Å². The molecule has 33 heavy (non-hydrogen) atoms. The molecule has 0 saturated carbocycles. The number of carbonyl (C=O) groups is 1. The van der Waals surface area contributed by atoms with Crippen LogP contribution in [0.25, 0.3) is 16.6 Å². The average Bonchev–Trinajstić information content (AvgIpc) is 3.10. The number of ether oxygens (including phenoxy) is 3. The van der Waals surface area contributed by atoms with Crippen molar-refractivity contribution in [3.63, 3.8) is 0 Å². The average molecular weight is 448 g/mol. The Labute approximate surface area is 192 Å². The Hall–Kier alpha value is -3.80. The van der Waals surface area contributed by atoms with Crippen molar-refractivity contribution < 1.29 is 23.4 Å². The van der Waals surface area contributed by atoms with Crippen LogP contribution < -0.4 is 9.47 Å². The van der Waals surface area contributed by atoms with Crippen molar-refractivity contribution >= 4 is 16.9 Å². The third kappa shape index (κ3) is 4.55. The van der Waals surface area contributed by atoms with E-state index in [4.69, 9.17) is 14.2 Å². The monoisotopic (exact) mass is 447 g/mol. The minimum Gasteiger partial charge on any atom is -0.494 e. The van der Waals surface area contributed by atoms with Crippen molar-refractivity contribution in [2.24, 2.45) is 0 Å². The van der Waals surface area contributed by atoms with E-state index in [1.54, 1.807) is 31.2 Å². The molecule has 0 saturated heterocycles. The molecule has 0 aliphatic carbocycles. The largest absolute Gasteiger partial charge is 0.494 e. The van der Waals surface area contributed by atoms with Gasteiger partial charge in [-0.3, -0.25) is 0 Å². The fourth-order valence-electron chi connectivity index (χ4n) is 3.92. The number of fused-ring (bicyclic) bond motifs is 1. The van der Waals surface area contributed by atoms with Crippen molar-refractivity contribution in [1.29, 1.82) is 0 Å². The van der Waals surface area contributed by atoms with Gasteiger partial charge >= 0.3 is 5.97 Å². The molecule has 0 aliphatic rings. The van der Waals surface area contributed by atoms with Gasteiger partial charge in [0.15, 0.2) is 0 Å². The van der Waals surface area contributed by atoms with E-state index in [1.165, 1.54) is 6.07 Å². The standard InChI is InChI=1S/C27H26FNO4/c1-4-31-21-12-10-20(11-13-21)29-18(3)26(27(30)32-5-2)23-16-22(14-15-25(23)29)33-17-19-8-6-7-9-24(19)28/h6-16H,4-5,17H2,1-3H3. The van der Waals surface area contributed by atoms with Gasteiger partial charge < -0.3 is 18.8 Å². The Morgan fingerprint density at radius 3 is 2.33 bits per heavy atom. The normalized spacial score (nSPS) is 10.9. The van der Waals surface area contributed by atoms with Crippen LogP contribution in [0.5, 0.6) is 11.5 Å². The van der Waals surface area contributed by atoms with Crippen LogP contribution in [0.4, 0.5) is 4.39 Å². The Bertz CT molecular complexity index is 1280. The Morgan fingerprint density at radius 2 is 1.64 bits per heavy atom. The van der Waals surface area contributed by atoms with Crippen LogP contribution in [0.3, 0.4) is 0 Å². The second kappa shape index (κ2) is 9.77. The minimum atomic E-state index is -0.393. The summed E-state index contributed by atoms with van der Waals surface area (Å²) in [5.74, 6) is 0.615. The molecule has 6 heteroatoms. The summed E-state index contributed by atoms with van der Waals surface area (Å²) >= 11 is 0. The van der Waals surface area contributed by atoms with Crippen LogP contribution in [-0.2, 0) is 11.3 Å². The van der Waals surface area contributed by atoms with Crippen molar-refractivity contribution in [1.82, 2.24) is 4.57 Å². The first-order valence-electron chi connectivity index (χ1n) is 10.9. The molecule has 0 spiro atoms. The quantitative estimate of drug-likeness (QED) is 0.300. The van der Waals surface area contributed by atoms with Gasteiger partial charge in [-0.15, -0.1) is 0 Å². The molecule has 1 aromatic heterocycles. The SMILES string of the molecule is CCOC(=O)c1c(C)n(-c2ccc(OCC)cc2)c2ccc(OCc3ccccc3F)cc12. The second-order valence-corrected chi connectivity index (χ2v) is 7.50. The smallest absolute Gasteiger partial charge is 0.340 e. The van der Waals surface area contributed by atoms with E-state index in [-0.39, 0.29) is 19.0 Å². The number of hydrogen-bond acceptors (Lipinski definition) is 4. The maximum Gasteiger partial charge on any atom is 0.340 e. The van der Waals surface area contributed by atoms with Crippen molar-refractivity contribution in [3.05, 3.63) is 89.4 Å². The van der Waals surface area contributed by atoms with E-state index in [1.807, 2.05) is 54.8 Å². The highest BCUT2D eigenvalue weighted by Gasteiger charge is 2.22. The second-order valence-electron chi connectivity index (χ2n) is 7.50. The summed E-state index contributed by atoms with van der Waals surface area (Å²) in [4.78, 5) is 12.9. The van der Waals surface area contributed by atoms with E-state index in [0.717, 1.165) is 22.6 Å². The van der Waals surface area contributed by atoms with Gasteiger partial charge in [0, 0.05) is 22.3 Å². The number of esters is 1. The number of hydrogen-bond donors (Lipinski definition) is 0. The molecule has 0 atom stereocenters. The molecule has 5 nitrogen and oxygen atoms in total. The molecule has 4 aromatic rings. The number of nitrogens with zero attached hydrogens (tertiary/aromatic N) is 1. The molecule has 0 aliphatic heterocycles. The van der Waals surface area contributed by atoms with Crippen LogP contribution in [0, 0.1) is 12.7 Å². The lowest BCUT2D eigenvalue weighted by molar-refractivity contribution is 0.0527. The molecule has 4 rings (SSSR count). The molecule has 0 radical (unpaired) electrons. The molecule has 0 bridgehead atoms. The van der Waals surface area contributed by atoms with E-state index >= 15 is 0 Å². The third-order valence-electron chi connectivity index (χ3n) is 5.41. The number of halogens is 1. The number of carbonyl (C=O) groups excluding carboxylic acids is 1. The van der Waals surface area contributed by atoms with Gasteiger partial charge in [-0.25, -0.2) is 9.18 Å². The first-order valence-corrected chi connectivity index (χ1v) is 10.9. The summed E-state index contributed by atoms with van der Waals surface area (Å²) in [6, 6.07) is 19.7. The summed E-state index contributed by atoms with van der Waals surface area (Å²) in [6.07, 6.45) is 0. The van der Waals surface area contributed by atoms with Gasteiger partial charge in [0.25, 0.3) is 0 Å². The lowest BCUT2D eigenvalue weighted by Crippen LogP contribution is -2.07. The molecule has 3 aromatic carbocycles. The Morgan fingerprint density at radius 1 is 0.909 bits per heavy atom. The van der Waals surface area contributed by atoms with Crippen LogP contribution in [0.15, 0.2) is 66.7 Å². The molecule has 0 unspecified atom stereocenters. The molecular formula is C27H26FNO4. The van der Waals surface area contributed by atoms with E-state index in [0.29, 0.717) is 28.9 Å². The predicted octanol–water partition coefficient (Wildman–Crippen LogP) is 6.23. The van der Waals surface area contributed by atoms with Crippen LogP contribution in [0.2, 0.25) is 0 Å². The van der Waals surface area contributed by atoms with Crippen molar-refractivity contribution in [2.75, 3.05) is 13.2 Å². The molecule has 1 heterocycles. The van der Waals surface area contributed by atoms with Crippen LogP contribution >= 0.6 is 0 Å². The summed E-state index contributed by atoms with van der Waals surface area (Å²) in [6.45, 7) is 6.57. The lowest BCUT2D eigenvalue weighted by atomic mass is 10.1. The van der Waals surface area contributed by atoms with Gasteiger partial charge in [0.2, 0.25) is 0 Å². The van der Waals surface area contributed by atoms with Crippen LogP contribution in [0.1, 0.15) is 35.5 Å². The lowest BCUT2D eigenvalue weighted by Gasteiger charge is -2.11. The molecule has 0 amide bonds. The highest BCUT2D eigenvalue weighted by Crippen LogP contribution is 2.33. The van der Waals surface area contributed by atoms with Gasteiger partial charge in [-0.1, -0.05) is 18.2 Å². The van der Waals surface area contributed by atoms with Crippen molar-refractivity contribution in [2.45, 2.75) is 27.4 Å². The highest BCUT2D eigenvalue weighted by atomic mass is 19.1. The zero-order chi connectivity index (χ0) is 23.4. The fourth-order valence-corrected chi connectivity index (χ4v) is 3.92. The maximum absolute atomic E-state index is 14.0. The van der Waals surface area contributed by atoms with E-state index in [2.05, 4.69) is 0 Å². The molecule has 0 N–H and O–H groups in total. The topological polar surface area (TPSA) is 49.7 Å². The Kier molecular flexibility index (Phi) is 6.63. The Balaban J connectivity index is 1.76. The van der Waals surface area contributed by atoms with Gasteiger partial charge in [-0.2, -0.15) is 0 Å². The van der Waals surface area contributed by atoms with E-state index in [9.17, 15) is 9.18 Å². The van der Waals surface area contributed by atoms with Gasteiger partial charge in [0.05, 0.1) is 24.3 Å². The van der Waals surface area contributed by atoms with Crippen LogP contribution in [-0.4, -0.2) is 23.8 Å². The summed E-state index contributed by atoms with van der Waals surface area (Å²) < 4.78 is 32.7. The zero-order valence-corrected chi connectivity index (χ0v) is 18.9. The first kappa shape index (κ1) is 22.4. The highest BCUT2D eigenvalue weighted by molar-refractivity contribution is 6.07. The summed E-state index contributed by atoms with van der Waals surface area (Å²) in [5, 5.41) is 0.714. The van der Waals surface area contributed by atoms with Crippen molar-refractivity contribution in [3.8, 4) is 17.2 Å². The summed E-state index contributed by atoms with van der Waals surface area (Å²) in [7, 11) is 0. The predicted molar refractivity (Wildman–Crippen MR) is 126 cm³/mol.